The molecule has 2 aliphatic rings. The number of hydrogen-bond donors (Lipinski definition) is 3. The Bertz CT molecular complexity index is 1270. The largest absolute Gasteiger partial charge is 0.494 e. The second-order valence-electron chi connectivity index (χ2n) is 8.31. The van der Waals surface area contributed by atoms with Gasteiger partial charge in [0, 0.05) is 23.8 Å². The van der Waals surface area contributed by atoms with E-state index >= 15 is 0 Å². The van der Waals surface area contributed by atoms with Gasteiger partial charge in [0.1, 0.15) is 11.2 Å². The van der Waals surface area contributed by atoms with E-state index in [1.807, 2.05) is 36.4 Å². The molecule has 2 aromatic carbocycles. The Morgan fingerprint density at radius 3 is 2.23 bits per heavy atom. The fraction of sp³-hybridized carbons (Fsp3) is 0.320. The number of aromatic hydroxyl groups is 2. The van der Waals surface area contributed by atoms with Crippen LogP contribution in [-0.2, 0) is 15.9 Å². The number of hydrogen-bond acceptors (Lipinski definition) is 5. The summed E-state index contributed by atoms with van der Waals surface area (Å²) < 4.78 is 7.87. The minimum atomic E-state index is -0.965. The summed E-state index contributed by atoms with van der Waals surface area (Å²) in [6, 6.07) is 13.1. The molecule has 2 bridgehead atoms. The van der Waals surface area contributed by atoms with Gasteiger partial charge >= 0.3 is 0 Å². The lowest BCUT2D eigenvalue weighted by atomic mass is 9.80. The third-order valence-electron chi connectivity index (χ3n) is 6.60. The normalized spacial score (nSPS) is 23.4. The van der Waals surface area contributed by atoms with Crippen LogP contribution in [0.3, 0.4) is 0 Å². The van der Waals surface area contributed by atoms with Crippen molar-refractivity contribution in [3.63, 3.8) is 0 Å². The first-order valence-electron chi connectivity index (χ1n) is 10.6. The van der Waals surface area contributed by atoms with E-state index in [4.69, 9.17) is 4.74 Å². The number of ether oxygens (including phenoxy) is 1. The van der Waals surface area contributed by atoms with Gasteiger partial charge in [0.2, 0.25) is 11.8 Å². The molecule has 0 saturated carbocycles. The van der Waals surface area contributed by atoms with Crippen molar-refractivity contribution in [1.82, 2.24) is 4.57 Å². The molecule has 1 aromatic heterocycles. The first kappa shape index (κ1) is 19.7. The molecule has 5 rings (SSSR count). The van der Waals surface area contributed by atoms with E-state index < -0.39 is 11.2 Å². The van der Waals surface area contributed by atoms with Crippen LogP contribution in [0.1, 0.15) is 49.3 Å². The summed E-state index contributed by atoms with van der Waals surface area (Å²) in [7, 11) is 0. The monoisotopic (exact) mass is 416 g/mol. The Balaban J connectivity index is 1.79. The van der Waals surface area contributed by atoms with Crippen LogP contribution in [0.2, 0.25) is 0 Å². The zero-order valence-electron chi connectivity index (χ0n) is 17.3. The van der Waals surface area contributed by atoms with Crippen LogP contribution in [0.4, 0.5) is 0 Å². The summed E-state index contributed by atoms with van der Waals surface area (Å²) >= 11 is 0. The lowest BCUT2D eigenvalue weighted by Gasteiger charge is -2.27. The van der Waals surface area contributed by atoms with E-state index in [-0.39, 0.29) is 24.8 Å². The van der Waals surface area contributed by atoms with Crippen molar-refractivity contribution in [2.45, 2.75) is 43.8 Å². The van der Waals surface area contributed by atoms with Gasteiger partial charge in [0.25, 0.3) is 0 Å². The summed E-state index contributed by atoms with van der Waals surface area (Å²) in [5.74, 6) is -0.166. The van der Waals surface area contributed by atoms with Crippen molar-refractivity contribution in [1.29, 1.82) is 5.26 Å². The third kappa shape index (κ3) is 2.51. The molecule has 0 aliphatic carbocycles. The number of unbranched alkanes of at least 4 members (excludes halogenated alkanes) is 1. The van der Waals surface area contributed by atoms with E-state index in [0.29, 0.717) is 28.8 Å². The van der Waals surface area contributed by atoms with E-state index in [9.17, 15) is 20.6 Å². The molecule has 0 saturated heterocycles. The lowest BCUT2D eigenvalue weighted by Crippen LogP contribution is -2.25. The molecule has 3 aromatic rings. The third-order valence-corrected chi connectivity index (χ3v) is 6.60. The highest BCUT2D eigenvalue weighted by atomic mass is 16.5. The maximum absolute atomic E-state index is 11.4. The van der Waals surface area contributed by atoms with Crippen molar-refractivity contribution in [3.05, 3.63) is 65.2 Å². The molecular weight excluding hydrogens is 392 g/mol. The van der Waals surface area contributed by atoms with E-state index in [0.717, 1.165) is 23.6 Å². The molecule has 31 heavy (non-hydrogen) atoms. The highest BCUT2D eigenvalue weighted by Crippen LogP contribution is 2.63. The van der Waals surface area contributed by atoms with Gasteiger partial charge in [-0.15, -0.1) is 0 Å². The maximum atomic E-state index is 11.4. The van der Waals surface area contributed by atoms with Gasteiger partial charge in [-0.2, -0.15) is 5.26 Å². The number of aliphatic hydroxyl groups is 1. The molecule has 0 radical (unpaired) electrons. The zero-order chi connectivity index (χ0) is 21.8. The standard InChI is InChI=1S/C25H24N2O4/c1-2-3-10-24-11-12-25(31-24,13-14-28)21-20(24)22(29)27(23(21)30)19-9-8-16(15-26)17-6-4-5-7-18(17)19/h4-9,11-12,28-30H,2-3,10,13-14H2,1H3/t24-,25-/m0/s1. The smallest absolute Gasteiger partial charge is 0.205 e. The second kappa shape index (κ2) is 6.88. The summed E-state index contributed by atoms with van der Waals surface area (Å²) in [5.41, 5.74) is 0.416. The number of aromatic nitrogens is 1. The molecule has 2 aliphatic heterocycles. The molecular formula is C25H24N2O4. The molecule has 3 N–H and O–H groups in total. The molecule has 158 valence electrons. The van der Waals surface area contributed by atoms with Gasteiger partial charge < -0.3 is 20.1 Å². The Morgan fingerprint density at radius 1 is 0.968 bits per heavy atom. The highest BCUT2D eigenvalue weighted by molar-refractivity contribution is 5.95. The number of aliphatic hydroxyl groups excluding tert-OH is 1. The SMILES string of the molecule is CCCC[C@@]12C=C[C@@](CCO)(O1)c1c2c(O)n(-c2ccc(C#N)c3ccccc23)c1O. The summed E-state index contributed by atoms with van der Waals surface area (Å²) in [5, 5.41) is 43.5. The number of benzene rings is 2. The average molecular weight is 416 g/mol. The molecule has 6 nitrogen and oxygen atoms in total. The van der Waals surface area contributed by atoms with Gasteiger partial charge in [-0.1, -0.05) is 44.0 Å². The molecule has 0 amide bonds. The summed E-state index contributed by atoms with van der Waals surface area (Å²) in [4.78, 5) is 0. The Morgan fingerprint density at radius 2 is 1.61 bits per heavy atom. The Kier molecular flexibility index (Phi) is 4.37. The number of nitriles is 1. The predicted molar refractivity (Wildman–Crippen MR) is 116 cm³/mol. The van der Waals surface area contributed by atoms with Crippen molar-refractivity contribution >= 4 is 10.8 Å². The molecule has 0 unspecified atom stereocenters. The average Bonchev–Trinajstić information content (AvgIpc) is 3.38. The van der Waals surface area contributed by atoms with E-state index in [1.54, 1.807) is 12.1 Å². The Hall–Kier alpha value is -3.27. The summed E-state index contributed by atoms with van der Waals surface area (Å²) in [6.07, 6.45) is 6.68. The minimum Gasteiger partial charge on any atom is -0.494 e. The molecule has 3 heterocycles. The topological polar surface area (TPSA) is 98.6 Å². The first-order chi connectivity index (χ1) is 15.0. The minimum absolute atomic E-state index is 0.0670. The van der Waals surface area contributed by atoms with E-state index in [2.05, 4.69) is 13.0 Å². The van der Waals surface area contributed by atoms with Crippen LogP contribution in [0.15, 0.2) is 48.6 Å². The van der Waals surface area contributed by atoms with Crippen LogP contribution in [0.5, 0.6) is 11.8 Å². The van der Waals surface area contributed by atoms with Crippen LogP contribution in [-0.4, -0.2) is 26.5 Å². The van der Waals surface area contributed by atoms with Crippen LogP contribution >= 0.6 is 0 Å². The fourth-order valence-corrected chi connectivity index (χ4v) is 5.21. The molecule has 0 spiro atoms. The number of fused-ring (bicyclic) bond motifs is 6. The van der Waals surface area contributed by atoms with Gasteiger partial charge in [0.05, 0.1) is 28.4 Å². The first-order valence-corrected chi connectivity index (χ1v) is 10.6. The lowest BCUT2D eigenvalue weighted by molar-refractivity contribution is -0.0867. The van der Waals surface area contributed by atoms with Crippen molar-refractivity contribution in [2.75, 3.05) is 6.61 Å². The molecule has 0 fully saturated rings. The highest BCUT2D eigenvalue weighted by Gasteiger charge is 2.60. The van der Waals surface area contributed by atoms with Crippen molar-refractivity contribution in [2.24, 2.45) is 0 Å². The number of nitrogens with zero attached hydrogens (tertiary/aromatic N) is 2. The number of rotatable bonds is 6. The second-order valence-corrected chi connectivity index (χ2v) is 8.31. The Labute approximate surface area is 180 Å². The van der Waals surface area contributed by atoms with Crippen LogP contribution in [0, 0.1) is 11.3 Å². The van der Waals surface area contributed by atoms with Crippen LogP contribution < -0.4 is 0 Å². The fourth-order valence-electron chi connectivity index (χ4n) is 5.21. The predicted octanol–water partition coefficient (Wildman–Crippen LogP) is 4.48. The quantitative estimate of drug-likeness (QED) is 0.515. The van der Waals surface area contributed by atoms with Crippen molar-refractivity contribution in [3.8, 4) is 23.5 Å². The summed E-state index contributed by atoms with van der Waals surface area (Å²) in [6.45, 7) is 1.98. The van der Waals surface area contributed by atoms with Gasteiger partial charge in [-0.05, 0) is 30.7 Å². The van der Waals surface area contributed by atoms with Gasteiger partial charge in [-0.3, -0.25) is 4.57 Å². The maximum Gasteiger partial charge on any atom is 0.205 e. The van der Waals surface area contributed by atoms with Crippen LogP contribution in [0.25, 0.3) is 16.5 Å². The van der Waals surface area contributed by atoms with Gasteiger partial charge in [0.15, 0.2) is 0 Å². The zero-order valence-corrected chi connectivity index (χ0v) is 17.3. The molecule has 2 atom stereocenters. The van der Waals surface area contributed by atoms with Crippen molar-refractivity contribution < 1.29 is 20.1 Å². The molecule has 6 heteroatoms. The van der Waals surface area contributed by atoms with E-state index in [1.165, 1.54) is 4.57 Å². The van der Waals surface area contributed by atoms with Gasteiger partial charge in [-0.25, -0.2) is 0 Å².